The zero-order chi connectivity index (χ0) is 8.15. The van der Waals surface area contributed by atoms with Gasteiger partial charge >= 0.3 is 0 Å². The molecule has 2 unspecified atom stereocenters. The van der Waals surface area contributed by atoms with Gasteiger partial charge in [0.1, 0.15) is 12.5 Å². The first-order chi connectivity index (χ1) is 4.59. The molecule has 0 rings (SSSR count). The molecule has 0 aliphatic rings. The molecule has 0 aromatic heterocycles. The predicted molar refractivity (Wildman–Crippen MR) is 39.1 cm³/mol. The summed E-state index contributed by atoms with van der Waals surface area (Å²) in [6.07, 6.45) is -1.27. The highest BCUT2D eigenvalue weighted by atomic mass is 16.3. The van der Waals surface area contributed by atoms with E-state index >= 15 is 0 Å². The fourth-order valence-corrected chi connectivity index (χ4v) is 0.835. The van der Waals surface area contributed by atoms with Crippen LogP contribution in [0.3, 0.4) is 0 Å². The topological polar surface area (TPSA) is 69.7 Å². The Labute approximate surface area is 61.3 Å². The van der Waals surface area contributed by atoms with Gasteiger partial charge in [-0.15, -0.1) is 0 Å². The van der Waals surface area contributed by atoms with Crippen LogP contribution in [0.4, 0.5) is 0 Å². The van der Waals surface area contributed by atoms with Crippen molar-refractivity contribution in [3.05, 3.63) is 0 Å². The molecule has 2 atom stereocenters. The smallest absolute Gasteiger partial charge is 0.106 e. The molecule has 0 amide bonds. The summed E-state index contributed by atoms with van der Waals surface area (Å²) in [4.78, 5) is 1.50. The molecule has 0 fully saturated rings. The van der Waals surface area contributed by atoms with Crippen LogP contribution in [-0.2, 0) is 0 Å². The summed E-state index contributed by atoms with van der Waals surface area (Å²) >= 11 is 0. The van der Waals surface area contributed by atoms with Crippen LogP contribution in [0.2, 0.25) is 0 Å². The zero-order valence-corrected chi connectivity index (χ0v) is 6.49. The summed E-state index contributed by atoms with van der Waals surface area (Å²) in [6, 6.07) is 0. The molecule has 10 heavy (non-hydrogen) atoms. The summed E-state index contributed by atoms with van der Waals surface area (Å²) < 4.78 is 0. The molecule has 0 heterocycles. The number of rotatable bonds is 4. The van der Waals surface area contributed by atoms with E-state index in [2.05, 4.69) is 0 Å². The van der Waals surface area contributed by atoms with Crippen LogP contribution in [0.15, 0.2) is 0 Å². The molecule has 0 spiro atoms. The molecule has 0 aliphatic heterocycles. The standard InChI is InChI=1S/C6H16N2O2/c1-5(9)8(4-3-7)6(2)10/h5-6,9-10H,3-4,7H2,1-2H3. The third-order valence-electron chi connectivity index (χ3n) is 1.35. The molecular weight excluding hydrogens is 132 g/mol. The Balaban J connectivity index is 3.73. The molecule has 62 valence electrons. The summed E-state index contributed by atoms with van der Waals surface area (Å²) in [5.74, 6) is 0. The fraction of sp³-hybridized carbons (Fsp3) is 1.00. The highest BCUT2D eigenvalue weighted by molar-refractivity contribution is 4.58. The Bertz CT molecular complexity index is 77.8. The highest BCUT2D eigenvalue weighted by Crippen LogP contribution is 1.98. The Kier molecular flexibility index (Phi) is 4.55. The minimum Gasteiger partial charge on any atom is -0.379 e. The first-order valence-corrected chi connectivity index (χ1v) is 3.41. The van der Waals surface area contributed by atoms with Crippen molar-refractivity contribution in [2.45, 2.75) is 26.3 Å². The molecule has 0 aromatic carbocycles. The minimum absolute atomic E-state index is 0.440. The number of aliphatic hydroxyl groups excluding tert-OH is 2. The molecule has 0 aliphatic carbocycles. The lowest BCUT2D eigenvalue weighted by Gasteiger charge is -2.27. The molecule has 4 heteroatoms. The lowest BCUT2D eigenvalue weighted by atomic mass is 10.4. The van der Waals surface area contributed by atoms with Gasteiger partial charge < -0.3 is 15.9 Å². The Morgan fingerprint density at radius 3 is 1.80 bits per heavy atom. The van der Waals surface area contributed by atoms with Crippen molar-refractivity contribution in [1.82, 2.24) is 4.90 Å². The largest absolute Gasteiger partial charge is 0.379 e. The van der Waals surface area contributed by atoms with E-state index in [1.807, 2.05) is 0 Å². The first-order valence-electron chi connectivity index (χ1n) is 3.41. The summed E-state index contributed by atoms with van der Waals surface area (Å²) in [5.41, 5.74) is 5.24. The van der Waals surface area contributed by atoms with Gasteiger partial charge in [-0.3, -0.25) is 4.90 Å². The van der Waals surface area contributed by atoms with Gasteiger partial charge in [-0.05, 0) is 13.8 Å². The third kappa shape index (κ3) is 3.12. The molecular formula is C6H16N2O2. The number of nitrogens with two attached hydrogens (primary N) is 1. The summed E-state index contributed by atoms with van der Waals surface area (Å²) in [6.45, 7) is 4.15. The van der Waals surface area contributed by atoms with Crippen molar-refractivity contribution in [3.63, 3.8) is 0 Å². The third-order valence-corrected chi connectivity index (χ3v) is 1.35. The number of hydrogen-bond donors (Lipinski definition) is 3. The Morgan fingerprint density at radius 2 is 1.70 bits per heavy atom. The van der Waals surface area contributed by atoms with Crippen LogP contribution in [0.5, 0.6) is 0 Å². The van der Waals surface area contributed by atoms with E-state index in [-0.39, 0.29) is 0 Å². The molecule has 4 nitrogen and oxygen atoms in total. The fourth-order valence-electron chi connectivity index (χ4n) is 0.835. The summed E-state index contributed by atoms with van der Waals surface area (Å²) in [5, 5.41) is 18.0. The van der Waals surface area contributed by atoms with Gasteiger partial charge in [-0.1, -0.05) is 0 Å². The Morgan fingerprint density at radius 1 is 1.30 bits per heavy atom. The van der Waals surface area contributed by atoms with E-state index < -0.39 is 12.5 Å². The van der Waals surface area contributed by atoms with E-state index in [0.717, 1.165) is 0 Å². The van der Waals surface area contributed by atoms with E-state index in [4.69, 9.17) is 15.9 Å². The number of nitrogens with zero attached hydrogens (tertiary/aromatic N) is 1. The van der Waals surface area contributed by atoms with Crippen LogP contribution in [0, 0.1) is 0 Å². The SMILES string of the molecule is CC(O)N(CCN)C(C)O. The second-order valence-electron chi connectivity index (χ2n) is 2.29. The predicted octanol–water partition coefficient (Wildman–Crippen LogP) is -1.08. The second-order valence-corrected chi connectivity index (χ2v) is 2.29. The molecule has 0 bridgehead atoms. The maximum atomic E-state index is 9.02. The van der Waals surface area contributed by atoms with Gasteiger partial charge in [-0.25, -0.2) is 0 Å². The van der Waals surface area contributed by atoms with Crippen molar-refractivity contribution in [3.8, 4) is 0 Å². The first kappa shape index (κ1) is 9.84. The number of aliphatic hydroxyl groups is 2. The molecule has 0 saturated carbocycles. The van der Waals surface area contributed by atoms with Crippen LogP contribution in [0.25, 0.3) is 0 Å². The normalized spacial score (nSPS) is 17.4. The minimum atomic E-state index is -0.636. The quantitative estimate of drug-likeness (QED) is 0.444. The monoisotopic (exact) mass is 148 g/mol. The van der Waals surface area contributed by atoms with Crippen molar-refractivity contribution in [1.29, 1.82) is 0 Å². The van der Waals surface area contributed by atoms with Gasteiger partial charge in [0.25, 0.3) is 0 Å². The van der Waals surface area contributed by atoms with Crippen molar-refractivity contribution in [2.75, 3.05) is 13.1 Å². The average molecular weight is 148 g/mol. The van der Waals surface area contributed by atoms with Crippen LogP contribution in [0.1, 0.15) is 13.8 Å². The van der Waals surface area contributed by atoms with Crippen LogP contribution >= 0.6 is 0 Å². The van der Waals surface area contributed by atoms with Crippen LogP contribution < -0.4 is 5.73 Å². The molecule has 0 aromatic rings. The van der Waals surface area contributed by atoms with E-state index in [9.17, 15) is 0 Å². The van der Waals surface area contributed by atoms with Crippen molar-refractivity contribution < 1.29 is 10.2 Å². The molecule has 0 saturated heterocycles. The van der Waals surface area contributed by atoms with Crippen molar-refractivity contribution >= 4 is 0 Å². The molecule has 0 radical (unpaired) electrons. The maximum absolute atomic E-state index is 9.02. The van der Waals surface area contributed by atoms with Crippen LogP contribution in [-0.4, -0.2) is 40.7 Å². The second kappa shape index (κ2) is 4.62. The van der Waals surface area contributed by atoms with Gasteiger partial charge in [0.05, 0.1) is 0 Å². The van der Waals surface area contributed by atoms with Gasteiger partial charge in [0.15, 0.2) is 0 Å². The highest BCUT2D eigenvalue weighted by Gasteiger charge is 2.13. The average Bonchev–Trinajstić information content (AvgIpc) is 1.81. The lowest BCUT2D eigenvalue weighted by molar-refractivity contribution is -0.0818. The van der Waals surface area contributed by atoms with Gasteiger partial charge in [0.2, 0.25) is 0 Å². The number of hydrogen-bond acceptors (Lipinski definition) is 4. The molecule has 4 N–H and O–H groups in total. The van der Waals surface area contributed by atoms with E-state index in [0.29, 0.717) is 13.1 Å². The van der Waals surface area contributed by atoms with E-state index in [1.165, 1.54) is 4.90 Å². The maximum Gasteiger partial charge on any atom is 0.106 e. The summed E-state index contributed by atoms with van der Waals surface area (Å²) in [7, 11) is 0. The van der Waals surface area contributed by atoms with Gasteiger partial charge in [-0.2, -0.15) is 0 Å². The van der Waals surface area contributed by atoms with Gasteiger partial charge in [0, 0.05) is 13.1 Å². The zero-order valence-electron chi connectivity index (χ0n) is 6.49. The lowest BCUT2D eigenvalue weighted by Crippen LogP contribution is -2.42. The van der Waals surface area contributed by atoms with Crippen molar-refractivity contribution in [2.24, 2.45) is 5.73 Å². The Hall–Kier alpha value is -0.160. The van der Waals surface area contributed by atoms with E-state index in [1.54, 1.807) is 13.8 Å².